The Kier molecular flexibility index (Phi) is 5.52. The van der Waals surface area contributed by atoms with Crippen LogP contribution >= 0.6 is 11.6 Å². The summed E-state index contributed by atoms with van der Waals surface area (Å²) >= 11 is 6.18. The van der Waals surface area contributed by atoms with Crippen LogP contribution in [0.5, 0.6) is 0 Å². The summed E-state index contributed by atoms with van der Waals surface area (Å²) in [5.74, 6) is 1.24. The van der Waals surface area contributed by atoms with Crippen LogP contribution in [0.4, 0.5) is 5.69 Å². The predicted molar refractivity (Wildman–Crippen MR) is 82.9 cm³/mol. The first-order valence-corrected chi connectivity index (χ1v) is 7.35. The van der Waals surface area contributed by atoms with Gasteiger partial charge in [-0.1, -0.05) is 25.4 Å². The highest BCUT2D eigenvalue weighted by Crippen LogP contribution is 2.27. The van der Waals surface area contributed by atoms with Crippen molar-refractivity contribution in [2.45, 2.75) is 26.8 Å². The van der Waals surface area contributed by atoms with Crippen molar-refractivity contribution in [3.8, 4) is 11.4 Å². The third kappa shape index (κ3) is 4.41. The number of anilines is 1. The zero-order valence-electron chi connectivity index (χ0n) is 12.3. The third-order valence-electron chi connectivity index (χ3n) is 3.05. The second kappa shape index (κ2) is 7.38. The number of ether oxygens (including phenoxy) is 1. The molecule has 7 heteroatoms. The molecule has 0 aliphatic rings. The third-order valence-corrected chi connectivity index (χ3v) is 3.38. The maximum atomic E-state index is 6.18. The van der Waals surface area contributed by atoms with E-state index in [1.54, 1.807) is 22.9 Å². The summed E-state index contributed by atoms with van der Waals surface area (Å²) in [6.45, 7) is 6.22. The summed E-state index contributed by atoms with van der Waals surface area (Å²) < 4.78 is 7.27. The van der Waals surface area contributed by atoms with Gasteiger partial charge in [-0.3, -0.25) is 0 Å². The maximum absolute atomic E-state index is 6.18. The fourth-order valence-electron chi connectivity index (χ4n) is 1.83. The van der Waals surface area contributed by atoms with Crippen molar-refractivity contribution in [2.75, 3.05) is 18.9 Å². The molecular formula is C14H20ClN5O. The molecule has 0 amide bonds. The van der Waals surface area contributed by atoms with Crippen LogP contribution in [0, 0.1) is 5.92 Å². The van der Waals surface area contributed by atoms with E-state index in [0.717, 1.165) is 18.6 Å². The number of nitrogen functional groups attached to an aromatic ring is 1. The van der Waals surface area contributed by atoms with E-state index >= 15 is 0 Å². The molecule has 114 valence electrons. The Morgan fingerprint density at radius 2 is 2.14 bits per heavy atom. The van der Waals surface area contributed by atoms with Gasteiger partial charge in [0, 0.05) is 17.9 Å². The van der Waals surface area contributed by atoms with Crippen molar-refractivity contribution in [3.05, 3.63) is 23.2 Å². The quantitative estimate of drug-likeness (QED) is 0.628. The van der Waals surface area contributed by atoms with E-state index in [4.69, 9.17) is 22.1 Å². The van der Waals surface area contributed by atoms with Gasteiger partial charge in [-0.2, -0.15) is 0 Å². The minimum absolute atomic E-state index is 0.560. The Labute approximate surface area is 129 Å². The van der Waals surface area contributed by atoms with Crippen LogP contribution in [0.15, 0.2) is 18.2 Å². The first kappa shape index (κ1) is 15.7. The first-order chi connectivity index (χ1) is 10.1. The number of nitrogens with zero attached hydrogens (tertiary/aromatic N) is 4. The van der Waals surface area contributed by atoms with Crippen molar-refractivity contribution in [1.82, 2.24) is 20.2 Å². The monoisotopic (exact) mass is 309 g/mol. The SMILES string of the molecule is CC(C)CCOCCn1nnnc1-c1cc(N)ccc1Cl. The van der Waals surface area contributed by atoms with Crippen LogP contribution in [0.25, 0.3) is 11.4 Å². The van der Waals surface area contributed by atoms with E-state index in [2.05, 4.69) is 29.4 Å². The van der Waals surface area contributed by atoms with Gasteiger partial charge in [0.1, 0.15) is 0 Å². The average molecular weight is 310 g/mol. The fourth-order valence-corrected chi connectivity index (χ4v) is 2.04. The van der Waals surface area contributed by atoms with Crippen LogP contribution in [-0.2, 0) is 11.3 Å². The number of halogens is 1. The first-order valence-electron chi connectivity index (χ1n) is 6.97. The molecule has 21 heavy (non-hydrogen) atoms. The highest BCUT2D eigenvalue weighted by molar-refractivity contribution is 6.33. The molecule has 1 heterocycles. The van der Waals surface area contributed by atoms with Gasteiger partial charge in [0.25, 0.3) is 0 Å². The van der Waals surface area contributed by atoms with Crippen molar-refractivity contribution in [2.24, 2.45) is 5.92 Å². The van der Waals surface area contributed by atoms with Crippen molar-refractivity contribution in [1.29, 1.82) is 0 Å². The van der Waals surface area contributed by atoms with Gasteiger partial charge in [-0.05, 0) is 41.0 Å². The Morgan fingerprint density at radius 1 is 1.33 bits per heavy atom. The molecule has 0 atom stereocenters. The Morgan fingerprint density at radius 3 is 2.90 bits per heavy atom. The van der Waals surface area contributed by atoms with Crippen LogP contribution in [0.2, 0.25) is 5.02 Å². The lowest BCUT2D eigenvalue weighted by atomic mass is 10.1. The molecule has 0 spiro atoms. The number of nitrogens with two attached hydrogens (primary N) is 1. The minimum Gasteiger partial charge on any atom is -0.399 e. The van der Waals surface area contributed by atoms with E-state index in [1.807, 2.05) is 0 Å². The molecule has 0 bridgehead atoms. The molecule has 0 saturated heterocycles. The van der Waals surface area contributed by atoms with Gasteiger partial charge in [0.2, 0.25) is 0 Å². The summed E-state index contributed by atoms with van der Waals surface area (Å²) in [6.07, 6.45) is 1.05. The summed E-state index contributed by atoms with van der Waals surface area (Å²) in [5, 5.41) is 12.3. The number of aromatic nitrogens is 4. The molecule has 2 rings (SSSR count). The lowest BCUT2D eigenvalue weighted by Crippen LogP contribution is -2.10. The van der Waals surface area contributed by atoms with Gasteiger partial charge in [-0.15, -0.1) is 5.10 Å². The second-order valence-corrected chi connectivity index (χ2v) is 5.67. The van der Waals surface area contributed by atoms with Gasteiger partial charge >= 0.3 is 0 Å². The standard InChI is InChI=1S/C14H20ClN5O/c1-10(2)5-7-21-8-6-20-14(17-18-19-20)12-9-11(16)3-4-13(12)15/h3-4,9-10H,5-8,16H2,1-2H3. The summed E-state index contributed by atoms with van der Waals surface area (Å²) in [6, 6.07) is 5.25. The molecule has 0 fully saturated rings. The topological polar surface area (TPSA) is 78.8 Å². The van der Waals surface area contributed by atoms with Gasteiger partial charge in [0.05, 0.1) is 18.2 Å². The second-order valence-electron chi connectivity index (χ2n) is 5.26. The Bertz CT molecular complexity index is 584. The smallest absolute Gasteiger partial charge is 0.183 e. The molecule has 1 aromatic heterocycles. The van der Waals surface area contributed by atoms with Crippen molar-refractivity contribution < 1.29 is 4.74 Å². The lowest BCUT2D eigenvalue weighted by Gasteiger charge is -2.08. The van der Waals surface area contributed by atoms with E-state index in [1.165, 1.54) is 0 Å². The fraction of sp³-hybridized carbons (Fsp3) is 0.500. The molecule has 2 N–H and O–H groups in total. The van der Waals surface area contributed by atoms with Gasteiger partial charge in [-0.25, -0.2) is 4.68 Å². The average Bonchev–Trinajstić information content (AvgIpc) is 2.89. The molecule has 0 aliphatic heterocycles. The number of rotatable bonds is 7. The van der Waals surface area contributed by atoms with Gasteiger partial charge in [0.15, 0.2) is 5.82 Å². The van der Waals surface area contributed by atoms with E-state index in [0.29, 0.717) is 35.6 Å². The zero-order valence-corrected chi connectivity index (χ0v) is 13.0. The molecule has 0 radical (unpaired) electrons. The van der Waals surface area contributed by atoms with Crippen molar-refractivity contribution in [3.63, 3.8) is 0 Å². The number of tetrazole rings is 1. The number of benzene rings is 1. The Hall–Kier alpha value is -1.66. The highest BCUT2D eigenvalue weighted by Gasteiger charge is 2.12. The predicted octanol–water partition coefficient (Wildman–Crippen LogP) is 2.64. The summed E-state index contributed by atoms with van der Waals surface area (Å²) in [5.41, 5.74) is 7.14. The van der Waals surface area contributed by atoms with Crippen LogP contribution < -0.4 is 5.73 Å². The summed E-state index contributed by atoms with van der Waals surface area (Å²) in [4.78, 5) is 0. The van der Waals surface area contributed by atoms with Crippen molar-refractivity contribution >= 4 is 17.3 Å². The Balaban J connectivity index is 2.00. The molecule has 0 saturated carbocycles. The normalized spacial score (nSPS) is 11.2. The molecule has 2 aromatic rings. The van der Waals surface area contributed by atoms with E-state index in [9.17, 15) is 0 Å². The molecule has 0 aliphatic carbocycles. The molecular weight excluding hydrogens is 290 g/mol. The maximum Gasteiger partial charge on any atom is 0.183 e. The number of hydrogen-bond acceptors (Lipinski definition) is 5. The molecule has 1 aromatic carbocycles. The lowest BCUT2D eigenvalue weighted by molar-refractivity contribution is 0.114. The highest BCUT2D eigenvalue weighted by atomic mass is 35.5. The minimum atomic E-state index is 0.560. The molecule has 6 nitrogen and oxygen atoms in total. The van der Waals surface area contributed by atoms with Crippen LogP contribution in [0.1, 0.15) is 20.3 Å². The van der Waals surface area contributed by atoms with Crippen LogP contribution in [-0.4, -0.2) is 33.4 Å². The number of hydrogen-bond donors (Lipinski definition) is 1. The van der Waals surface area contributed by atoms with E-state index < -0.39 is 0 Å². The summed E-state index contributed by atoms with van der Waals surface area (Å²) in [7, 11) is 0. The zero-order chi connectivity index (χ0) is 15.2. The molecule has 0 unspecified atom stereocenters. The largest absolute Gasteiger partial charge is 0.399 e. The van der Waals surface area contributed by atoms with Crippen LogP contribution in [0.3, 0.4) is 0 Å². The van der Waals surface area contributed by atoms with E-state index in [-0.39, 0.29) is 0 Å². The van der Waals surface area contributed by atoms with Gasteiger partial charge < -0.3 is 10.5 Å².